The average Bonchev–Trinajstić information content (AvgIpc) is 2.93. The van der Waals surface area contributed by atoms with Crippen LogP contribution in [0.3, 0.4) is 0 Å². The molecule has 1 saturated heterocycles. The lowest BCUT2D eigenvalue weighted by Gasteiger charge is -2.44. The van der Waals surface area contributed by atoms with Gasteiger partial charge in [0.1, 0.15) is 12.7 Å². The Labute approximate surface area is 242 Å². The van der Waals surface area contributed by atoms with Gasteiger partial charge in [0.2, 0.25) is 6.29 Å². The first-order chi connectivity index (χ1) is 20.0. The molecule has 0 bridgehead atoms. The van der Waals surface area contributed by atoms with Crippen LogP contribution in [0.15, 0.2) is 60.7 Å². The summed E-state index contributed by atoms with van der Waals surface area (Å²) < 4.78 is 58.2. The summed E-state index contributed by atoms with van der Waals surface area (Å²) in [6.45, 7) is 3.52. The molecule has 228 valence electrons. The Morgan fingerprint density at radius 3 is 1.57 bits per heavy atom. The van der Waals surface area contributed by atoms with Crippen molar-refractivity contribution in [2.45, 2.75) is 71.6 Å². The van der Waals surface area contributed by atoms with Gasteiger partial charge in [-0.25, -0.2) is 4.57 Å². The Kier molecular flexibility index (Phi) is 12.2. The largest absolute Gasteiger partial charge is 0.477 e. The maximum Gasteiger partial charge on any atom is 0.477 e. The molecule has 1 heterocycles. The van der Waals surface area contributed by atoms with Crippen LogP contribution in [0.1, 0.15) is 38.8 Å². The summed E-state index contributed by atoms with van der Waals surface area (Å²) in [7, 11) is -4.54. The monoisotopic (exact) mass is 608 g/mol. The quantitative estimate of drug-likeness (QED) is 0.184. The van der Waals surface area contributed by atoms with Crippen LogP contribution in [0.2, 0.25) is 0 Å². The van der Waals surface area contributed by atoms with Crippen molar-refractivity contribution in [1.29, 1.82) is 0 Å². The summed E-state index contributed by atoms with van der Waals surface area (Å²) >= 11 is 0. The van der Waals surface area contributed by atoms with Gasteiger partial charge >= 0.3 is 31.7 Å². The van der Waals surface area contributed by atoms with Crippen molar-refractivity contribution < 1.29 is 61.0 Å². The van der Waals surface area contributed by atoms with E-state index in [1.807, 2.05) is 0 Å². The SMILES string of the molecule is CC(=O)OCC1OC(OP(=O)(OCc2ccccc2)OCc2ccccc2)[C@H](OC(C)=O)[C@@H](OC(C)=O)[C@H]1OC(C)=O. The van der Waals surface area contributed by atoms with E-state index in [9.17, 15) is 23.7 Å². The first kappa shape index (κ1) is 32.9. The highest BCUT2D eigenvalue weighted by Crippen LogP contribution is 2.53. The summed E-state index contributed by atoms with van der Waals surface area (Å²) in [5.74, 6) is -3.16. The van der Waals surface area contributed by atoms with Crippen LogP contribution >= 0.6 is 7.82 Å². The van der Waals surface area contributed by atoms with E-state index in [0.717, 1.165) is 27.7 Å². The number of carbonyl (C=O) groups is 4. The Balaban J connectivity index is 1.98. The molecule has 2 unspecified atom stereocenters. The van der Waals surface area contributed by atoms with Crippen LogP contribution in [0.5, 0.6) is 0 Å². The minimum Gasteiger partial charge on any atom is -0.463 e. The predicted molar refractivity (Wildman–Crippen MR) is 143 cm³/mol. The molecule has 2 aromatic rings. The number of carbonyl (C=O) groups excluding carboxylic acids is 4. The highest BCUT2D eigenvalue weighted by atomic mass is 31.2. The standard InChI is InChI=1S/C28H33O13P/c1-18(29)34-17-24-25(37-19(2)30)26(38-20(3)31)27(39-21(4)32)28(40-24)41-42(33,35-15-22-11-7-5-8-12-22)36-16-23-13-9-6-10-14-23/h5-14,24-28H,15-17H2,1-4H3/t24?,25-,26-,27+,28?/m0/s1. The van der Waals surface area contributed by atoms with Crippen molar-refractivity contribution in [1.82, 2.24) is 0 Å². The van der Waals surface area contributed by atoms with Gasteiger partial charge in [-0.1, -0.05) is 60.7 Å². The number of hydrogen-bond donors (Lipinski definition) is 0. The van der Waals surface area contributed by atoms with E-state index in [-0.39, 0.29) is 13.2 Å². The molecule has 5 atom stereocenters. The summed E-state index contributed by atoms with van der Waals surface area (Å²) in [5, 5.41) is 0. The van der Waals surface area contributed by atoms with E-state index in [1.165, 1.54) is 0 Å². The van der Waals surface area contributed by atoms with Crippen LogP contribution in [0, 0.1) is 0 Å². The minimum absolute atomic E-state index is 0.196. The van der Waals surface area contributed by atoms with E-state index in [0.29, 0.717) is 11.1 Å². The van der Waals surface area contributed by atoms with Crippen LogP contribution in [-0.4, -0.2) is 61.2 Å². The second kappa shape index (κ2) is 15.6. The van der Waals surface area contributed by atoms with E-state index in [1.54, 1.807) is 60.7 Å². The van der Waals surface area contributed by atoms with Crippen molar-refractivity contribution in [3.63, 3.8) is 0 Å². The number of phosphoric ester groups is 1. The number of ether oxygens (including phenoxy) is 5. The first-order valence-corrected chi connectivity index (χ1v) is 14.4. The van der Waals surface area contributed by atoms with Crippen LogP contribution in [0.4, 0.5) is 0 Å². The Bertz CT molecular complexity index is 1210. The van der Waals surface area contributed by atoms with Crippen LogP contribution < -0.4 is 0 Å². The molecule has 1 aliphatic rings. The molecular formula is C28H33O13P. The van der Waals surface area contributed by atoms with Gasteiger partial charge in [-0.05, 0) is 11.1 Å². The van der Waals surface area contributed by atoms with Gasteiger partial charge < -0.3 is 23.7 Å². The van der Waals surface area contributed by atoms with E-state index in [4.69, 9.17) is 37.3 Å². The molecule has 0 N–H and O–H groups in total. The molecule has 0 saturated carbocycles. The van der Waals surface area contributed by atoms with Crippen molar-refractivity contribution in [3.8, 4) is 0 Å². The summed E-state index contributed by atoms with van der Waals surface area (Å²) in [6.07, 6.45) is -7.62. The lowest BCUT2D eigenvalue weighted by Crippen LogP contribution is -2.62. The molecule has 2 aromatic carbocycles. The Hall–Kier alpha value is -3.61. The summed E-state index contributed by atoms with van der Waals surface area (Å²) in [6, 6.07) is 17.6. The van der Waals surface area contributed by atoms with Crippen molar-refractivity contribution in [2.24, 2.45) is 0 Å². The maximum absolute atomic E-state index is 14.1. The summed E-state index contributed by atoms with van der Waals surface area (Å²) in [5.41, 5.74) is 1.29. The topological polar surface area (TPSA) is 159 Å². The number of rotatable bonds is 13. The molecule has 42 heavy (non-hydrogen) atoms. The lowest BCUT2D eigenvalue weighted by atomic mass is 9.98. The molecule has 1 aliphatic heterocycles. The maximum atomic E-state index is 14.1. The first-order valence-electron chi connectivity index (χ1n) is 12.9. The Morgan fingerprint density at radius 1 is 0.667 bits per heavy atom. The molecule has 0 spiro atoms. The van der Waals surface area contributed by atoms with Gasteiger partial charge in [0.05, 0.1) is 13.2 Å². The third-order valence-corrected chi connectivity index (χ3v) is 7.00. The Morgan fingerprint density at radius 2 is 1.12 bits per heavy atom. The molecule has 0 radical (unpaired) electrons. The molecule has 13 nitrogen and oxygen atoms in total. The number of benzene rings is 2. The third-order valence-electron chi connectivity index (χ3n) is 5.65. The van der Waals surface area contributed by atoms with E-state index < -0.39 is 69.0 Å². The van der Waals surface area contributed by atoms with Crippen LogP contribution in [0.25, 0.3) is 0 Å². The summed E-state index contributed by atoms with van der Waals surface area (Å²) in [4.78, 5) is 47.7. The molecule has 14 heteroatoms. The molecule has 0 aromatic heterocycles. The third kappa shape index (κ3) is 10.3. The lowest BCUT2D eigenvalue weighted by molar-refractivity contribution is -0.292. The highest BCUT2D eigenvalue weighted by Gasteiger charge is 2.55. The molecule has 0 amide bonds. The van der Waals surface area contributed by atoms with Crippen molar-refractivity contribution in [3.05, 3.63) is 71.8 Å². The second-order valence-corrected chi connectivity index (χ2v) is 10.8. The highest BCUT2D eigenvalue weighted by molar-refractivity contribution is 7.48. The minimum atomic E-state index is -4.54. The van der Waals surface area contributed by atoms with Crippen molar-refractivity contribution >= 4 is 31.7 Å². The van der Waals surface area contributed by atoms with Gasteiger partial charge in [0.25, 0.3) is 0 Å². The van der Waals surface area contributed by atoms with E-state index >= 15 is 0 Å². The normalized spacial score (nSPS) is 22.0. The molecular weight excluding hydrogens is 575 g/mol. The van der Waals surface area contributed by atoms with Gasteiger partial charge in [0, 0.05) is 27.7 Å². The van der Waals surface area contributed by atoms with Crippen LogP contribution in [-0.2, 0) is 74.2 Å². The second-order valence-electron chi connectivity index (χ2n) is 9.14. The predicted octanol–water partition coefficient (Wildman–Crippen LogP) is 3.63. The van der Waals surface area contributed by atoms with E-state index in [2.05, 4.69) is 0 Å². The molecule has 1 fully saturated rings. The molecule has 0 aliphatic carbocycles. The zero-order valence-corrected chi connectivity index (χ0v) is 24.4. The van der Waals surface area contributed by atoms with Gasteiger partial charge in [-0.15, -0.1) is 0 Å². The number of hydrogen-bond acceptors (Lipinski definition) is 13. The zero-order chi connectivity index (χ0) is 30.7. The fourth-order valence-electron chi connectivity index (χ4n) is 3.95. The fourth-order valence-corrected chi connectivity index (χ4v) is 5.19. The van der Waals surface area contributed by atoms with Gasteiger partial charge in [-0.3, -0.25) is 32.7 Å². The smallest absolute Gasteiger partial charge is 0.463 e. The fraction of sp³-hybridized carbons (Fsp3) is 0.429. The number of esters is 4. The van der Waals surface area contributed by atoms with Crippen molar-refractivity contribution in [2.75, 3.05) is 6.61 Å². The zero-order valence-electron chi connectivity index (χ0n) is 23.5. The number of phosphoric acid groups is 1. The van der Waals surface area contributed by atoms with Gasteiger partial charge in [-0.2, -0.15) is 0 Å². The average molecular weight is 609 g/mol. The molecule has 3 rings (SSSR count). The van der Waals surface area contributed by atoms with Gasteiger partial charge in [0.15, 0.2) is 18.3 Å².